The summed E-state index contributed by atoms with van der Waals surface area (Å²) in [7, 11) is 0. The third-order valence-corrected chi connectivity index (χ3v) is 15.5. The number of fused-ring (bicyclic) bond motifs is 9. The summed E-state index contributed by atoms with van der Waals surface area (Å²) in [6.45, 7) is 0. The lowest BCUT2D eigenvalue weighted by Gasteiger charge is -2.32. The fraction of sp³-hybridized carbons (Fsp3) is 0. The molecule has 0 fully saturated rings. The standard InChI is InChI=1S/C62H39NS2/c1-2-16-40(17-3-1)41-32-34-43(35-33-41)59-51-23-6-4-18-46(51)47-19-5-7-24-52(47)60(59)63(44-38-36-42(37-39-44)45-25-14-27-54-49-21-9-12-30-57(49)64-61(45)54)56-29-11-8-20-48(56)53-26-15-28-55-50-22-10-13-31-58(50)65-62(53)55/h1-39H. The first-order valence-corrected chi connectivity index (χ1v) is 23.8. The van der Waals surface area contributed by atoms with Gasteiger partial charge in [-0.05, 0) is 74.3 Å². The highest BCUT2D eigenvalue weighted by Crippen LogP contribution is 2.53. The lowest BCUT2D eigenvalue weighted by atomic mass is 9.89. The highest BCUT2D eigenvalue weighted by atomic mass is 32.1. The normalized spacial score (nSPS) is 11.7. The molecule has 2 heterocycles. The lowest BCUT2D eigenvalue weighted by Crippen LogP contribution is -2.13. The number of hydrogen-bond donors (Lipinski definition) is 0. The van der Waals surface area contributed by atoms with E-state index in [0.717, 1.165) is 17.1 Å². The molecule has 13 aromatic rings. The van der Waals surface area contributed by atoms with Crippen molar-refractivity contribution in [2.24, 2.45) is 0 Å². The van der Waals surface area contributed by atoms with E-state index in [4.69, 9.17) is 0 Å². The van der Waals surface area contributed by atoms with Crippen LogP contribution in [0.1, 0.15) is 0 Å². The molecule has 0 saturated carbocycles. The first-order chi connectivity index (χ1) is 32.3. The molecule has 13 rings (SSSR count). The van der Waals surface area contributed by atoms with Crippen molar-refractivity contribution < 1.29 is 0 Å². The molecule has 3 heteroatoms. The summed E-state index contributed by atoms with van der Waals surface area (Å²) >= 11 is 3.76. The van der Waals surface area contributed by atoms with Gasteiger partial charge in [-0.1, -0.05) is 206 Å². The van der Waals surface area contributed by atoms with E-state index in [-0.39, 0.29) is 0 Å². The second-order valence-corrected chi connectivity index (χ2v) is 18.8. The summed E-state index contributed by atoms with van der Waals surface area (Å²) in [6, 6.07) is 87.3. The van der Waals surface area contributed by atoms with Gasteiger partial charge in [-0.25, -0.2) is 0 Å². The van der Waals surface area contributed by atoms with Gasteiger partial charge in [0.15, 0.2) is 0 Å². The Morgan fingerprint density at radius 3 is 1.38 bits per heavy atom. The summed E-state index contributed by atoms with van der Waals surface area (Å²) in [5.41, 5.74) is 13.0. The number of anilines is 3. The second kappa shape index (κ2) is 15.5. The quantitative estimate of drug-likeness (QED) is 0.144. The maximum atomic E-state index is 2.56. The van der Waals surface area contributed by atoms with Gasteiger partial charge in [-0.3, -0.25) is 0 Å². The Morgan fingerprint density at radius 2 is 0.708 bits per heavy atom. The third-order valence-electron chi connectivity index (χ3n) is 13.1. The van der Waals surface area contributed by atoms with E-state index >= 15 is 0 Å². The predicted octanol–water partition coefficient (Wildman–Crippen LogP) is 18.9. The summed E-state index contributed by atoms with van der Waals surface area (Å²) in [6.07, 6.45) is 0. The minimum Gasteiger partial charge on any atom is -0.309 e. The van der Waals surface area contributed by atoms with Crippen molar-refractivity contribution in [1.29, 1.82) is 0 Å². The molecule has 65 heavy (non-hydrogen) atoms. The Labute approximate surface area is 385 Å². The van der Waals surface area contributed by atoms with Crippen molar-refractivity contribution in [3.63, 3.8) is 0 Å². The first kappa shape index (κ1) is 37.7. The maximum Gasteiger partial charge on any atom is 0.0625 e. The van der Waals surface area contributed by atoms with Crippen LogP contribution >= 0.6 is 22.7 Å². The van der Waals surface area contributed by atoms with E-state index < -0.39 is 0 Å². The van der Waals surface area contributed by atoms with Crippen molar-refractivity contribution in [3.8, 4) is 44.5 Å². The molecular weight excluding hydrogens is 823 g/mol. The Hall–Kier alpha value is -7.82. The molecule has 0 aliphatic heterocycles. The SMILES string of the molecule is c1ccc(-c2ccc(-c3c(N(c4ccc(-c5cccc6c5sc5ccccc56)cc4)c4ccccc4-c4cccc5c4sc4ccccc45)c4ccccc4c4ccccc34)cc2)cc1. The fourth-order valence-electron chi connectivity index (χ4n) is 10.1. The molecule has 1 nitrogen and oxygen atoms in total. The molecule has 0 bridgehead atoms. The largest absolute Gasteiger partial charge is 0.309 e. The molecule has 0 N–H and O–H groups in total. The third kappa shape index (κ3) is 6.19. The fourth-order valence-corrected chi connectivity index (χ4v) is 12.6. The molecule has 0 unspecified atom stereocenters. The zero-order valence-electron chi connectivity index (χ0n) is 35.3. The van der Waals surface area contributed by atoms with Gasteiger partial charge >= 0.3 is 0 Å². The van der Waals surface area contributed by atoms with Crippen LogP contribution in [0.15, 0.2) is 237 Å². The van der Waals surface area contributed by atoms with E-state index in [1.54, 1.807) is 0 Å². The zero-order chi connectivity index (χ0) is 42.8. The van der Waals surface area contributed by atoms with E-state index in [9.17, 15) is 0 Å². The van der Waals surface area contributed by atoms with Crippen LogP contribution in [0.3, 0.4) is 0 Å². The average Bonchev–Trinajstić information content (AvgIpc) is 3.96. The van der Waals surface area contributed by atoms with Gasteiger partial charge in [0, 0.05) is 68.1 Å². The zero-order valence-corrected chi connectivity index (χ0v) is 36.9. The highest BCUT2D eigenvalue weighted by molar-refractivity contribution is 7.26. The topological polar surface area (TPSA) is 3.24 Å². The van der Waals surface area contributed by atoms with Crippen molar-refractivity contribution in [2.75, 3.05) is 4.90 Å². The number of rotatable bonds is 7. The number of nitrogens with zero attached hydrogens (tertiary/aromatic N) is 1. The average molecular weight is 862 g/mol. The number of benzene rings is 11. The molecule has 0 atom stereocenters. The van der Waals surface area contributed by atoms with Crippen LogP contribution in [0.25, 0.3) is 106 Å². The van der Waals surface area contributed by atoms with Gasteiger partial charge < -0.3 is 4.90 Å². The van der Waals surface area contributed by atoms with Crippen molar-refractivity contribution >= 4 is 102 Å². The smallest absolute Gasteiger partial charge is 0.0625 e. The van der Waals surface area contributed by atoms with Crippen LogP contribution in [0, 0.1) is 0 Å². The van der Waals surface area contributed by atoms with Crippen molar-refractivity contribution in [2.45, 2.75) is 0 Å². The number of para-hydroxylation sites is 1. The molecule has 0 amide bonds. The van der Waals surface area contributed by atoms with E-state index in [1.807, 2.05) is 22.7 Å². The molecule has 0 aliphatic carbocycles. The molecule has 304 valence electrons. The molecule has 2 aromatic heterocycles. The molecule has 0 spiro atoms. The number of thiophene rings is 2. The second-order valence-electron chi connectivity index (χ2n) is 16.7. The Morgan fingerprint density at radius 1 is 0.262 bits per heavy atom. The van der Waals surface area contributed by atoms with Gasteiger partial charge in [0.05, 0.1) is 11.4 Å². The molecule has 0 radical (unpaired) electrons. The van der Waals surface area contributed by atoms with Crippen LogP contribution in [0.5, 0.6) is 0 Å². The van der Waals surface area contributed by atoms with Gasteiger partial charge in [0.25, 0.3) is 0 Å². The van der Waals surface area contributed by atoms with E-state index in [0.29, 0.717) is 0 Å². The number of hydrogen-bond acceptors (Lipinski definition) is 3. The minimum absolute atomic E-state index is 1.09. The van der Waals surface area contributed by atoms with Crippen molar-refractivity contribution in [3.05, 3.63) is 237 Å². The summed E-state index contributed by atoms with van der Waals surface area (Å²) in [4.78, 5) is 2.56. The lowest BCUT2D eigenvalue weighted by molar-refractivity contribution is 1.30. The van der Waals surface area contributed by atoms with Gasteiger partial charge in [0.2, 0.25) is 0 Å². The van der Waals surface area contributed by atoms with E-state index in [2.05, 4.69) is 241 Å². The van der Waals surface area contributed by atoms with Gasteiger partial charge in [-0.2, -0.15) is 0 Å². The van der Waals surface area contributed by atoms with Crippen LogP contribution in [-0.2, 0) is 0 Å². The van der Waals surface area contributed by atoms with Crippen LogP contribution in [0.4, 0.5) is 17.1 Å². The molecule has 11 aromatic carbocycles. The Bertz CT molecular complexity index is 3930. The minimum atomic E-state index is 1.09. The highest BCUT2D eigenvalue weighted by Gasteiger charge is 2.26. The molecular formula is C62H39NS2. The monoisotopic (exact) mass is 861 g/mol. The van der Waals surface area contributed by atoms with Crippen LogP contribution < -0.4 is 4.90 Å². The van der Waals surface area contributed by atoms with Crippen molar-refractivity contribution in [1.82, 2.24) is 0 Å². The summed E-state index contributed by atoms with van der Waals surface area (Å²) in [5, 5.41) is 10.1. The maximum absolute atomic E-state index is 2.56. The molecule has 0 saturated heterocycles. The molecule has 0 aliphatic rings. The van der Waals surface area contributed by atoms with Crippen LogP contribution in [-0.4, -0.2) is 0 Å². The first-order valence-electron chi connectivity index (χ1n) is 22.2. The van der Waals surface area contributed by atoms with Gasteiger partial charge in [0.1, 0.15) is 0 Å². The van der Waals surface area contributed by atoms with E-state index in [1.165, 1.54) is 106 Å². The summed E-state index contributed by atoms with van der Waals surface area (Å²) in [5.74, 6) is 0. The predicted molar refractivity (Wildman–Crippen MR) is 284 cm³/mol. The van der Waals surface area contributed by atoms with Gasteiger partial charge in [-0.15, -0.1) is 22.7 Å². The van der Waals surface area contributed by atoms with Crippen LogP contribution in [0.2, 0.25) is 0 Å². The Kier molecular flexibility index (Phi) is 8.97. The summed E-state index contributed by atoms with van der Waals surface area (Å²) < 4.78 is 5.24. The Balaban J connectivity index is 1.10.